The predicted octanol–water partition coefficient (Wildman–Crippen LogP) is 1.96. The molecule has 0 atom stereocenters. The quantitative estimate of drug-likeness (QED) is 0.502. The molecule has 0 saturated carbocycles. The SMILES string of the molecule is CS(=O)(=O)NC1CCN(Cc2cc(Oc3ccc4[nH]cc(C(=O)O)c4c3)ncn2)CC1. The van der Waals surface area contributed by atoms with E-state index in [1.807, 2.05) is 0 Å². The molecule has 0 unspecified atom stereocenters. The maximum absolute atomic E-state index is 11.4. The highest BCUT2D eigenvalue weighted by atomic mass is 32.2. The van der Waals surface area contributed by atoms with Crippen molar-refractivity contribution in [2.24, 2.45) is 0 Å². The lowest BCUT2D eigenvalue weighted by Crippen LogP contribution is -2.44. The number of likely N-dealkylation sites (tertiary alicyclic amines) is 1. The van der Waals surface area contributed by atoms with Gasteiger partial charge in [0, 0.05) is 48.8 Å². The molecule has 11 heteroatoms. The van der Waals surface area contributed by atoms with Gasteiger partial charge < -0.3 is 14.8 Å². The van der Waals surface area contributed by atoms with E-state index in [9.17, 15) is 18.3 Å². The number of piperidine rings is 1. The summed E-state index contributed by atoms with van der Waals surface area (Å²) in [6.07, 6.45) is 5.54. The highest BCUT2D eigenvalue weighted by molar-refractivity contribution is 7.88. The second-order valence-electron chi connectivity index (χ2n) is 7.60. The molecular formula is C20H23N5O5S. The van der Waals surface area contributed by atoms with E-state index in [0.29, 0.717) is 29.1 Å². The van der Waals surface area contributed by atoms with Crippen LogP contribution in [0.5, 0.6) is 11.6 Å². The van der Waals surface area contributed by atoms with Gasteiger partial charge in [-0.05, 0) is 31.0 Å². The summed E-state index contributed by atoms with van der Waals surface area (Å²) < 4.78 is 31.3. The van der Waals surface area contributed by atoms with E-state index < -0.39 is 16.0 Å². The Kier molecular flexibility index (Phi) is 5.90. The van der Waals surface area contributed by atoms with Gasteiger partial charge in [-0.2, -0.15) is 0 Å². The van der Waals surface area contributed by atoms with Crippen LogP contribution in [0.2, 0.25) is 0 Å². The molecule has 4 rings (SSSR count). The van der Waals surface area contributed by atoms with Crippen molar-refractivity contribution in [3.05, 3.63) is 48.0 Å². The van der Waals surface area contributed by atoms with Crippen molar-refractivity contribution in [2.45, 2.75) is 25.4 Å². The summed E-state index contributed by atoms with van der Waals surface area (Å²) in [5, 5.41) is 9.86. The minimum atomic E-state index is -3.19. The molecule has 164 valence electrons. The van der Waals surface area contributed by atoms with Gasteiger partial charge in [-0.15, -0.1) is 0 Å². The number of ether oxygens (including phenoxy) is 1. The monoisotopic (exact) mass is 445 g/mol. The third-order valence-corrected chi connectivity index (χ3v) is 5.92. The van der Waals surface area contributed by atoms with Crippen LogP contribution in [0.1, 0.15) is 28.9 Å². The van der Waals surface area contributed by atoms with Gasteiger partial charge in [0.25, 0.3) is 0 Å². The van der Waals surface area contributed by atoms with E-state index in [-0.39, 0.29) is 11.6 Å². The van der Waals surface area contributed by atoms with Crippen LogP contribution in [-0.4, -0.2) is 64.7 Å². The first-order valence-corrected chi connectivity index (χ1v) is 11.7. The summed E-state index contributed by atoms with van der Waals surface area (Å²) in [6.45, 7) is 2.12. The van der Waals surface area contributed by atoms with Gasteiger partial charge in [-0.25, -0.2) is 27.9 Å². The fourth-order valence-corrected chi connectivity index (χ4v) is 4.56. The molecule has 1 saturated heterocycles. The maximum atomic E-state index is 11.4. The number of hydrogen-bond donors (Lipinski definition) is 3. The van der Waals surface area contributed by atoms with Crippen molar-refractivity contribution in [1.29, 1.82) is 0 Å². The number of hydrogen-bond acceptors (Lipinski definition) is 7. The Morgan fingerprint density at radius 2 is 2.06 bits per heavy atom. The van der Waals surface area contributed by atoms with Crippen LogP contribution in [0, 0.1) is 0 Å². The molecule has 3 aromatic rings. The zero-order valence-corrected chi connectivity index (χ0v) is 17.7. The molecule has 0 spiro atoms. The molecule has 1 aliphatic rings. The molecule has 0 aliphatic carbocycles. The number of aromatic carboxylic acids is 1. The molecule has 1 fully saturated rings. The van der Waals surface area contributed by atoms with Crippen LogP contribution in [0.15, 0.2) is 36.8 Å². The van der Waals surface area contributed by atoms with E-state index in [1.54, 1.807) is 24.3 Å². The number of aromatic amines is 1. The average Bonchev–Trinajstić information content (AvgIpc) is 3.12. The number of benzene rings is 1. The van der Waals surface area contributed by atoms with Crippen LogP contribution < -0.4 is 9.46 Å². The van der Waals surface area contributed by atoms with Gasteiger partial charge in [-0.1, -0.05) is 0 Å². The smallest absolute Gasteiger partial charge is 0.337 e. The number of aromatic nitrogens is 3. The number of rotatable bonds is 7. The number of sulfonamides is 1. The largest absolute Gasteiger partial charge is 0.478 e. The first-order valence-electron chi connectivity index (χ1n) is 9.80. The Bertz CT molecular complexity index is 1200. The van der Waals surface area contributed by atoms with Crippen LogP contribution in [0.4, 0.5) is 0 Å². The van der Waals surface area contributed by atoms with Crippen LogP contribution >= 0.6 is 0 Å². The zero-order valence-electron chi connectivity index (χ0n) is 16.9. The van der Waals surface area contributed by atoms with Gasteiger partial charge in [0.05, 0.1) is 17.5 Å². The Morgan fingerprint density at radius 3 is 2.77 bits per heavy atom. The lowest BCUT2D eigenvalue weighted by molar-refractivity contribution is 0.0699. The summed E-state index contributed by atoms with van der Waals surface area (Å²) in [4.78, 5) is 24.9. The fourth-order valence-electron chi connectivity index (χ4n) is 3.72. The topological polar surface area (TPSA) is 138 Å². The third kappa shape index (κ3) is 5.37. The lowest BCUT2D eigenvalue weighted by atomic mass is 10.1. The number of carboxylic acid groups (broad SMARTS) is 1. The average molecular weight is 446 g/mol. The molecule has 2 aromatic heterocycles. The second kappa shape index (κ2) is 8.61. The van der Waals surface area contributed by atoms with Crippen molar-refractivity contribution in [2.75, 3.05) is 19.3 Å². The highest BCUT2D eigenvalue weighted by Gasteiger charge is 2.22. The summed E-state index contributed by atoms with van der Waals surface area (Å²) in [6, 6.07) is 6.88. The standard InChI is InChI=1S/C20H23N5O5S/c1-31(28,29)24-13-4-6-25(7-5-13)11-14-8-19(23-12-22-14)30-15-2-3-18-16(9-15)17(10-21-18)20(26)27/h2-3,8-10,12-13,21,24H,4-7,11H2,1H3,(H,26,27). The van der Waals surface area contributed by atoms with Gasteiger partial charge in [0.2, 0.25) is 15.9 Å². The minimum Gasteiger partial charge on any atom is -0.478 e. The third-order valence-electron chi connectivity index (χ3n) is 5.16. The molecule has 1 aromatic carbocycles. The number of carboxylic acids is 1. The predicted molar refractivity (Wildman–Crippen MR) is 114 cm³/mol. The molecule has 10 nitrogen and oxygen atoms in total. The van der Waals surface area contributed by atoms with Crippen LogP contribution in [-0.2, 0) is 16.6 Å². The summed E-state index contributed by atoms with van der Waals surface area (Å²) in [7, 11) is -3.19. The first kappa shape index (κ1) is 21.2. The van der Waals surface area contributed by atoms with E-state index in [0.717, 1.165) is 31.6 Å². The Labute approximate surface area is 179 Å². The first-order chi connectivity index (χ1) is 14.8. The maximum Gasteiger partial charge on any atom is 0.337 e. The molecule has 0 radical (unpaired) electrons. The van der Waals surface area contributed by atoms with Crippen molar-refractivity contribution in [1.82, 2.24) is 24.6 Å². The highest BCUT2D eigenvalue weighted by Crippen LogP contribution is 2.27. The van der Waals surface area contributed by atoms with Gasteiger partial charge in [0.1, 0.15) is 12.1 Å². The fraction of sp³-hybridized carbons (Fsp3) is 0.350. The van der Waals surface area contributed by atoms with Crippen molar-refractivity contribution < 1.29 is 23.1 Å². The van der Waals surface area contributed by atoms with Crippen molar-refractivity contribution >= 4 is 26.9 Å². The number of H-pyrrole nitrogens is 1. The number of nitrogens with one attached hydrogen (secondary N) is 2. The van der Waals surface area contributed by atoms with Gasteiger partial charge >= 0.3 is 5.97 Å². The molecular weight excluding hydrogens is 422 g/mol. The van der Waals surface area contributed by atoms with Crippen molar-refractivity contribution in [3.63, 3.8) is 0 Å². The van der Waals surface area contributed by atoms with Crippen LogP contribution in [0.25, 0.3) is 10.9 Å². The second-order valence-corrected chi connectivity index (χ2v) is 9.39. The van der Waals surface area contributed by atoms with E-state index >= 15 is 0 Å². The molecule has 0 amide bonds. The molecule has 0 bridgehead atoms. The van der Waals surface area contributed by atoms with Gasteiger partial charge in [-0.3, -0.25) is 4.90 Å². The minimum absolute atomic E-state index is 0.0328. The van der Waals surface area contributed by atoms with Gasteiger partial charge in [0.15, 0.2) is 0 Å². The van der Waals surface area contributed by atoms with E-state index in [1.165, 1.54) is 18.8 Å². The zero-order chi connectivity index (χ0) is 22.0. The molecule has 3 heterocycles. The summed E-state index contributed by atoms with van der Waals surface area (Å²) >= 11 is 0. The number of nitrogens with zero attached hydrogens (tertiary/aromatic N) is 3. The van der Waals surface area contributed by atoms with Crippen LogP contribution in [0.3, 0.4) is 0 Å². The van der Waals surface area contributed by atoms with E-state index in [4.69, 9.17) is 4.74 Å². The number of carbonyl (C=O) groups is 1. The summed E-state index contributed by atoms with van der Waals surface area (Å²) in [5.74, 6) is -0.166. The number of fused-ring (bicyclic) bond motifs is 1. The lowest BCUT2D eigenvalue weighted by Gasteiger charge is -2.31. The Hall–Kier alpha value is -3.02. The normalized spacial score (nSPS) is 15.9. The Balaban J connectivity index is 1.41. The molecule has 1 aliphatic heterocycles. The summed E-state index contributed by atoms with van der Waals surface area (Å²) in [5.41, 5.74) is 1.67. The Morgan fingerprint density at radius 1 is 1.29 bits per heavy atom. The molecule has 3 N–H and O–H groups in total. The van der Waals surface area contributed by atoms with Crippen molar-refractivity contribution in [3.8, 4) is 11.6 Å². The molecule has 31 heavy (non-hydrogen) atoms. The van der Waals surface area contributed by atoms with E-state index in [2.05, 4.69) is 24.6 Å².